The van der Waals surface area contributed by atoms with E-state index in [1.807, 2.05) is 12.2 Å². The number of hydrogen-bond donors (Lipinski definition) is 1. The van der Waals surface area contributed by atoms with E-state index >= 15 is 0 Å². The summed E-state index contributed by atoms with van der Waals surface area (Å²) in [7, 11) is 0. The van der Waals surface area contributed by atoms with E-state index in [0.717, 1.165) is 17.9 Å². The lowest BCUT2D eigenvalue weighted by atomic mass is 10.0. The zero-order valence-corrected chi connectivity index (χ0v) is 11.5. The molecule has 1 atom stereocenters. The van der Waals surface area contributed by atoms with Gasteiger partial charge >= 0.3 is 0 Å². The largest absolute Gasteiger partial charge is 0.494 e. The predicted molar refractivity (Wildman–Crippen MR) is 73.4 cm³/mol. The van der Waals surface area contributed by atoms with Gasteiger partial charge in [0.25, 0.3) is 0 Å². The fraction of sp³-hybridized carbons (Fsp3) is 0.467. The summed E-state index contributed by atoms with van der Waals surface area (Å²) in [4.78, 5) is 25.4. The number of allylic oxidation sites excluding steroid dienone is 4. The smallest absolute Gasteiger partial charge is 0.249 e. The summed E-state index contributed by atoms with van der Waals surface area (Å²) in [6.07, 6.45) is 7.79. The molecule has 0 aromatic heterocycles. The predicted octanol–water partition coefficient (Wildman–Crippen LogP) is 1.24. The fourth-order valence-electron chi connectivity index (χ4n) is 2.87. The Morgan fingerprint density at radius 2 is 2.25 bits per heavy atom. The number of rotatable bonds is 1. The van der Waals surface area contributed by atoms with Gasteiger partial charge in [0.1, 0.15) is 18.4 Å². The minimum absolute atomic E-state index is 0.178. The molecule has 1 fully saturated rings. The molecule has 2 heterocycles. The first-order valence-electron chi connectivity index (χ1n) is 6.95. The minimum atomic E-state index is -0.273. The number of carbonyl (C=O) groups excluding carboxylic acids is 2. The van der Waals surface area contributed by atoms with Gasteiger partial charge < -0.3 is 9.64 Å². The second-order valence-electron chi connectivity index (χ2n) is 5.37. The summed E-state index contributed by atoms with van der Waals surface area (Å²) in [6, 6.07) is -0.273. The van der Waals surface area contributed by atoms with E-state index in [4.69, 9.17) is 4.74 Å². The Kier molecular flexibility index (Phi) is 3.34. The Morgan fingerprint density at radius 3 is 3.05 bits per heavy atom. The van der Waals surface area contributed by atoms with Crippen LogP contribution in [0.5, 0.6) is 0 Å². The molecule has 1 N–H and O–H groups in total. The maximum absolute atomic E-state index is 12.1. The van der Waals surface area contributed by atoms with Crippen molar-refractivity contribution in [2.24, 2.45) is 0 Å². The van der Waals surface area contributed by atoms with Crippen LogP contribution in [-0.2, 0) is 14.3 Å². The lowest BCUT2D eigenvalue weighted by molar-refractivity contribution is -0.137. The zero-order chi connectivity index (χ0) is 14.1. The average molecular weight is 274 g/mol. The third kappa shape index (κ3) is 2.35. The van der Waals surface area contributed by atoms with Crippen molar-refractivity contribution in [2.45, 2.75) is 32.2 Å². The van der Waals surface area contributed by atoms with Gasteiger partial charge in [0.15, 0.2) is 0 Å². The quantitative estimate of drug-likeness (QED) is 0.731. The molecule has 1 unspecified atom stereocenters. The van der Waals surface area contributed by atoms with Crippen molar-refractivity contribution in [1.29, 1.82) is 0 Å². The number of nitrogens with zero attached hydrogens (tertiary/aromatic N) is 1. The Labute approximate surface area is 118 Å². The van der Waals surface area contributed by atoms with Gasteiger partial charge in [0.05, 0.1) is 12.2 Å². The second-order valence-corrected chi connectivity index (χ2v) is 5.37. The molecule has 5 heteroatoms. The van der Waals surface area contributed by atoms with Gasteiger partial charge in [-0.05, 0) is 19.4 Å². The Morgan fingerprint density at radius 1 is 1.40 bits per heavy atom. The Balaban J connectivity index is 1.88. The molecular formula is C15H18N2O3. The van der Waals surface area contributed by atoms with Gasteiger partial charge in [-0.2, -0.15) is 0 Å². The Bertz CT molecular complexity index is 545. The molecule has 0 aromatic rings. The highest BCUT2D eigenvalue weighted by atomic mass is 16.5. The number of piperidine rings is 1. The summed E-state index contributed by atoms with van der Waals surface area (Å²) in [6.45, 7) is 3.32. The van der Waals surface area contributed by atoms with Gasteiger partial charge in [-0.1, -0.05) is 17.7 Å². The van der Waals surface area contributed by atoms with Crippen molar-refractivity contribution < 1.29 is 14.3 Å². The number of imide groups is 1. The van der Waals surface area contributed by atoms with E-state index in [1.165, 1.54) is 5.57 Å². The van der Waals surface area contributed by atoms with Crippen molar-refractivity contribution in [3.05, 3.63) is 35.3 Å². The summed E-state index contributed by atoms with van der Waals surface area (Å²) >= 11 is 0. The molecule has 2 amide bonds. The van der Waals surface area contributed by atoms with Crippen LogP contribution >= 0.6 is 0 Å². The van der Waals surface area contributed by atoms with E-state index in [0.29, 0.717) is 26.0 Å². The Hall–Kier alpha value is -2.04. The van der Waals surface area contributed by atoms with E-state index in [1.54, 1.807) is 0 Å². The van der Waals surface area contributed by atoms with Gasteiger partial charge in [-0.25, -0.2) is 0 Å². The van der Waals surface area contributed by atoms with Crippen LogP contribution < -0.4 is 5.32 Å². The maximum Gasteiger partial charge on any atom is 0.249 e. The molecule has 5 nitrogen and oxygen atoms in total. The van der Waals surface area contributed by atoms with Crippen molar-refractivity contribution in [3.63, 3.8) is 0 Å². The zero-order valence-electron chi connectivity index (χ0n) is 11.5. The van der Waals surface area contributed by atoms with Crippen molar-refractivity contribution in [3.8, 4) is 0 Å². The fourth-order valence-corrected chi connectivity index (χ4v) is 2.87. The molecule has 2 aliphatic heterocycles. The van der Waals surface area contributed by atoms with Crippen LogP contribution in [0, 0.1) is 0 Å². The molecule has 0 radical (unpaired) electrons. The standard InChI is InChI=1S/C15H18N2O3/c1-10-3-2-4-11-13(9-10)20-8-7-17(11)12-5-6-14(18)16-15(12)19/h2-4,12H,5-9H2,1H3,(H,16,18,19). The van der Waals surface area contributed by atoms with Crippen LogP contribution in [0.4, 0.5) is 0 Å². The first kappa shape index (κ1) is 13.0. The van der Waals surface area contributed by atoms with Crippen LogP contribution in [0.25, 0.3) is 0 Å². The molecule has 0 aromatic carbocycles. The lowest BCUT2D eigenvalue weighted by Crippen LogP contribution is -2.53. The monoisotopic (exact) mass is 274 g/mol. The van der Waals surface area contributed by atoms with Crippen molar-refractivity contribution in [2.75, 3.05) is 13.2 Å². The molecule has 1 aliphatic carbocycles. The summed E-state index contributed by atoms with van der Waals surface area (Å²) < 4.78 is 5.76. The summed E-state index contributed by atoms with van der Waals surface area (Å²) in [5, 5.41) is 2.43. The average Bonchev–Trinajstić information content (AvgIpc) is 2.59. The van der Waals surface area contributed by atoms with Crippen LogP contribution in [0.15, 0.2) is 35.3 Å². The number of amides is 2. The van der Waals surface area contributed by atoms with E-state index < -0.39 is 0 Å². The molecular weight excluding hydrogens is 256 g/mol. The first-order valence-corrected chi connectivity index (χ1v) is 6.95. The van der Waals surface area contributed by atoms with Gasteiger partial charge in [0.2, 0.25) is 11.8 Å². The molecule has 3 aliphatic rings. The van der Waals surface area contributed by atoms with Crippen molar-refractivity contribution in [1.82, 2.24) is 10.2 Å². The molecule has 0 spiro atoms. The minimum Gasteiger partial charge on any atom is -0.494 e. The second kappa shape index (κ2) is 5.15. The van der Waals surface area contributed by atoms with E-state index in [9.17, 15) is 9.59 Å². The topological polar surface area (TPSA) is 58.6 Å². The molecule has 0 saturated carbocycles. The number of ether oxygens (including phenoxy) is 1. The highest BCUT2D eigenvalue weighted by Crippen LogP contribution is 2.29. The molecule has 106 valence electrons. The molecule has 0 bridgehead atoms. The number of hydrogen-bond acceptors (Lipinski definition) is 4. The van der Waals surface area contributed by atoms with Crippen LogP contribution in [0.3, 0.4) is 0 Å². The van der Waals surface area contributed by atoms with Gasteiger partial charge in [-0.3, -0.25) is 14.9 Å². The third-order valence-electron chi connectivity index (χ3n) is 3.86. The highest BCUT2D eigenvalue weighted by molar-refractivity contribution is 6.00. The van der Waals surface area contributed by atoms with Gasteiger partial charge in [-0.15, -0.1) is 0 Å². The van der Waals surface area contributed by atoms with Crippen LogP contribution in [0.2, 0.25) is 0 Å². The highest BCUT2D eigenvalue weighted by Gasteiger charge is 2.35. The lowest BCUT2D eigenvalue weighted by Gasteiger charge is -2.38. The summed E-state index contributed by atoms with van der Waals surface area (Å²) in [5.41, 5.74) is 2.20. The van der Waals surface area contributed by atoms with Crippen LogP contribution in [0.1, 0.15) is 26.2 Å². The normalized spacial score (nSPS) is 26.6. The third-order valence-corrected chi connectivity index (χ3v) is 3.86. The van der Waals surface area contributed by atoms with Gasteiger partial charge in [0, 0.05) is 12.8 Å². The van der Waals surface area contributed by atoms with Crippen LogP contribution in [-0.4, -0.2) is 35.9 Å². The maximum atomic E-state index is 12.1. The summed E-state index contributed by atoms with van der Waals surface area (Å²) in [5.74, 6) is 0.545. The molecule has 1 saturated heterocycles. The molecule has 3 rings (SSSR count). The number of carbonyl (C=O) groups is 2. The first-order chi connectivity index (χ1) is 9.65. The molecule has 20 heavy (non-hydrogen) atoms. The van der Waals surface area contributed by atoms with Crippen molar-refractivity contribution >= 4 is 11.8 Å². The SMILES string of the molecule is CC1=CC=CC2=C(C1)OCCN2C1CCC(=O)NC1=O. The number of nitrogens with one attached hydrogen (secondary N) is 1. The van der Waals surface area contributed by atoms with E-state index in [-0.39, 0.29) is 17.9 Å². The van der Waals surface area contributed by atoms with E-state index in [2.05, 4.69) is 23.2 Å².